The highest BCUT2D eigenvalue weighted by Crippen LogP contribution is 2.26. The smallest absolute Gasteiger partial charge is 0.221 e. The fourth-order valence-electron chi connectivity index (χ4n) is 4.13. The van der Waals surface area contributed by atoms with Crippen molar-refractivity contribution in [2.75, 3.05) is 32.1 Å². The van der Waals surface area contributed by atoms with Crippen molar-refractivity contribution in [1.82, 2.24) is 14.8 Å². The van der Waals surface area contributed by atoms with Crippen molar-refractivity contribution >= 4 is 11.6 Å². The van der Waals surface area contributed by atoms with Crippen LogP contribution < -0.4 is 10.1 Å². The number of likely N-dealkylation sites (N-methyl/N-ethyl adjacent to an activating group) is 1. The van der Waals surface area contributed by atoms with E-state index in [1.165, 1.54) is 23.6 Å². The third-order valence-electron chi connectivity index (χ3n) is 5.79. The number of rotatable bonds is 8. The van der Waals surface area contributed by atoms with E-state index in [2.05, 4.69) is 63.5 Å². The number of pyridine rings is 1. The Bertz CT molecular complexity index is 1050. The van der Waals surface area contributed by atoms with E-state index < -0.39 is 0 Å². The van der Waals surface area contributed by atoms with Gasteiger partial charge in [-0.25, -0.2) is 0 Å². The lowest BCUT2D eigenvalue weighted by molar-refractivity contribution is -0.114. The summed E-state index contributed by atoms with van der Waals surface area (Å²) in [4.78, 5) is 20.4. The molecule has 1 aliphatic heterocycles. The molecule has 1 N–H and O–H groups in total. The van der Waals surface area contributed by atoms with Crippen molar-refractivity contribution in [3.63, 3.8) is 0 Å². The Morgan fingerprint density at radius 1 is 1.12 bits per heavy atom. The van der Waals surface area contributed by atoms with Crippen molar-refractivity contribution < 1.29 is 9.53 Å². The molecule has 0 aliphatic carbocycles. The number of hydrogen-bond donors (Lipinski definition) is 1. The normalized spacial score (nSPS) is 13.8. The third kappa shape index (κ3) is 6.88. The lowest BCUT2D eigenvalue weighted by atomic mass is 10.1. The van der Waals surface area contributed by atoms with Gasteiger partial charge in [0.25, 0.3) is 0 Å². The molecular weight excluding hydrogens is 412 g/mol. The highest BCUT2D eigenvalue weighted by molar-refractivity contribution is 5.88. The van der Waals surface area contributed by atoms with Gasteiger partial charge in [-0.3, -0.25) is 14.7 Å². The molecule has 0 bridgehead atoms. The van der Waals surface area contributed by atoms with Gasteiger partial charge in [0.1, 0.15) is 12.4 Å². The van der Waals surface area contributed by atoms with Gasteiger partial charge < -0.3 is 15.0 Å². The number of aromatic nitrogens is 1. The lowest BCUT2D eigenvalue weighted by Crippen LogP contribution is -2.25. The molecule has 3 aromatic rings. The summed E-state index contributed by atoms with van der Waals surface area (Å²) in [7, 11) is 2.15. The van der Waals surface area contributed by atoms with E-state index in [-0.39, 0.29) is 5.91 Å². The number of carbonyl (C=O) groups excluding carboxylic acids is 1. The zero-order valence-electron chi connectivity index (χ0n) is 19.5. The molecule has 0 atom stereocenters. The van der Waals surface area contributed by atoms with Crippen molar-refractivity contribution in [3.05, 3.63) is 89.2 Å². The van der Waals surface area contributed by atoms with E-state index in [0.29, 0.717) is 6.61 Å². The fraction of sp³-hybridized carbons (Fsp3) is 0.333. The molecule has 6 heteroatoms. The summed E-state index contributed by atoms with van der Waals surface area (Å²) < 4.78 is 6.03. The monoisotopic (exact) mass is 444 g/mol. The van der Waals surface area contributed by atoms with Gasteiger partial charge in [0.05, 0.1) is 0 Å². The number of benzene rings is 2. The van der Waals surface area contributed by atoms with Crippen LogP contribution in [-0.2, 0) is 30.8 Å². The first kappa shape index (κ1) is 23.0. The average molecular weight is 445 g/mol. The topological polar surface area (TPSA) is 57.7 Å². The average Bonchev–Trinajstić information content (AvgIpc) is 3.00. The summed E-state index contributed by atoms with van der Waals surface area (Å²) in [5, 5.41) is 2.82. The molecule has 0 spiro atoms. The van der Waals surface area contributed by atoms with Crippen LogP contribution in [0.5, 0.6) is 5.75 Å². The summed E-state index contributed by atoms with van der Waals surface area (Å²) in [6.45, 7) is 6.64. The minimum absolute atomic E-state index is 0.0535. The molecule has 172 valence electrons. The lowest BCUT2D eigenvalue weighted by Gasteiger charge is -2.20. The minimum Gasteiger partial charge on any atom is -0.492 e. The van der Waals surface area contributed by atoms with Gasteiger partial charge in [0.15, 0.2) is 0 Å². The molecule has 0 fully saturated rings. The highest BCUT2D eigenvalue weighted by Gasteiger charge is 2.16. The van der Waals surface area contributed by atoms with Gasteiger partial charge in [-0.15, -0.1) is 0 Å². The Morgan fingerprint density at radius 2 is 1.94 bits per heavy atom. The third-order valence-corrected chi connectivity index (χ3v) is 5.79. The molecule has 1 aliphatic rings. The van der Waals surface area contributed by atoms with E-state index in [1.54, 1.807) is 0 Å². The predicted molar refractivity (Wildman–Crippen MR) is 131 cm³/mol. The Labute approximate surface area is 196 Å². The second-order valence-electron chi connectivity index (χ2n) is 8.69. The minimum atomic E-state index is -0.0535. The summed E-state index contributed by atoms with van der Waals surface area (Å²) in [5.41, 5.74) is 5.70. The van der Waals surface area contributed by atoms with Crippen LogP contribution in [0.4, 0.5) is 5.69 Å². The number of amides is 1. The molecule has 4 rings (SSSR count). The van der Waals surface area contributed by atoms with Crippen LogP contribution in [0.25, 0.3) is 0 Å². The number of anilines is 1. The Morgan fingerprint density at radius 3 is 2.70 bits per heavy atom. The molecule has 6 nitrogen and oxygen atoms in total. The summed E-state index contributed by atoms with van der Waals surface area (Å²) in [5.74, 6) is 0.931. The van der Waals surface area contributed by atoms with Crippen LogP contribution in [0, 0.1) is 0 Å². The molecule has 1 amide bonds. The van der Waals surface area contributed by atoms with E-state index in [1.807, 2.05) is 30.5 Å². The van der Waals surface area contributed by atoms with Crippen LogP contribution in [0.2, 0.25) is 0 Å². The first-order chi connectivity index (χ1) is 16.0. The van der Waals surface area contributed by atoms with E-state index in [0.717, 1.165) is 56.3 Å². The first-order valence-electron chi connectivity index (χ1n) is 11.5. The largest absolute Gasteiger partial charge is 0.492 e. The number of nitrogens with zero attached hydrogens (tertiary/aromatic N) is 3. The van der Waals surface area contributed by atoms with E-state index in [4.69, 9.17) is 4.74 Å². The maximum absolute atomic E-state index is 11.2. The van der Waals surface area contributed by atoms with Gasteiger partial charge in [-0.1, -0.05) is 24.3 Å². The van der Waals surface area contributed by atoms with E-state index in [9.17, 15) is 4.79 Å². The quantitative estimate of drug-likeness (QED) is 0.567. The number of nitrogens with one attached hydrogen (secondary N) is 1. The summed E-state index contributed by atoms with van der Waals surface area (Å²) >= 11 is 0. The van der Waals surface area contributed by atoms with Crippen LogP contribution in [0.3, 0.4) is 0 Å². The first-order valence-corrected chi connectivity index (χ1v) is 11.5. The van der Waals surface area contributed by atoms with Crippen LogP contribution in [0.15, 0.2) is 66.9 Å². The number of hydrogen-bond acceptors (Lipinski definition) is 5. The second kappa shape index (κ2) is 11.1. The molecule has 2 aromatic carbocycles. The predicted octanol–water partition coefficient (Wildman–Crippen LogP) is 4.11. The maximum atomic E-state index is 11.2. The van der Waals surface area contributed by atoms with Gasteiger partial charge >= 0.3 is 0 Å². The number of ether oxygens (including phenoxy) is 1. The van der Waals surface area contributed by atoms with Crippen molar-refractivity contribution in [3.8, 4) is 5.75 Å². The van der Waals surface area contributed by atoms with Crippen LogP contribution >= 0.6 is 0 Å². The molecule has 2 heterocycles. The van der Waals surface area contributed by atoms with Crippen LogP contribution in [-0.4, -0.2) is 47.4 Å². The van der Waals surface area contributed by atoms with Crippen molar-refractivity contribution in [2.24, 2.45) is 0 Å². The molecule has 0 unspecified atom stereocenters. The number of fused-ring (bicyclic) bond motifs is 1. The zero-order valence-corrected chi connectivity index (χ0v) is 19.5. The Hall–Kier alpha value is -3.22. The van der Waals surface area contributed by atoms with Gasteiger partial charge in [0, 0.05) is 69.2 Å². The summed E-state index contributed by atoms with van der Waals surface area (Å²) in [6, 6.07) is 20.7. The van der Waals surface area contributed by atoms with Gasteiger partial charge in [-0.2, -0.15) is 0 Å². The second-order valence-corrected chi connectivity index (χ2v) is 8.69. The molecular formula is C27H32N4O2. The van der Waals surface area contributed by atoms with Crippen molar-refractivity contribution in [1.29, 1.82) is 0 Å². The highest BCUT2D eigenvalue weighted by atomic mass is 16.5. The molecule has 0 saturated carbocycles. The summed E-state index contributed by atoms with van der Waals surface area (Å²) in [6.07, 6.45) is 2.80. The molecule has 0 radical (unpaired) electrons. The maximum Gasteiger partial charge on any atom is 0.221 e. The van der Waals surface area contributed by atoms with Crippen molar-refractivity contribution in [2.45, 2.75) is 33.0 Å². The Kier molecular flexibility index (Phi) is 7.70. The van der Waals surface area contributed by atoms with Gasteiger partial charge in [0.2, 0.25) is 5.91 Å². The molecule has 33 heavy (non-hydrogen) atoms. The van der Waals surface area contributed by atoms with Gasteiger partial charge in [-0.05, 0) is 54.6 Å². The Balaban J connectivity index is 1.36. The van der Waals surface area contributed by atoms with Crippen LogP contribution in [0.1, 0.15) is 29.3 Å². The molecule has 0 saturated heterocycles. The zero-order chi connectivity index (χ0) is 23.0. The molecule has 1 aromatic heterocycles. The SMILES string of the molecule is CC(=O)Nc1ccc(CN2CCOc3ccc(CN(C)CCc4ccccn4)cc3C2)cc1. The number of carbonyl (C=O) groups is 1. The van der Waals surface area contributed by atoms with E-state index >= 15 is 0 Å². The fourth-order valence-corrected chi connectivity index (χ4v) is 4.13. The standard InChI is InChI=1S/C27H32N4O2/c1-21(32)29-26-9-6-22(7-10-26)19-31-15-16-33-27-11-8-23(17-24(27)20-31)18-30(2)14-12-25-5-3-4-13-28-25/h3-11,13,17H,12,14-16,18-20H2,1-2H3,(H,29,32).